The van der Waals surface area contributed by atoms with Gasteiger partial charge in [0, 0.05) is 24.7 Å². The van der Waals surface area contributed by atoms with E-state index in [9.17, 15) is 10.0 Å². The molecule has 0 saturated carbocycles. The topological polar surface area (TPSA) is 62.2 Å². The fourth-order valence-electron chi connectivity index (χ4n) is 2.78. The van der Waals surface area contributed by atoms with Crippen molar-refractivity contribution in [3.8, 4) is 5.75 Å². The first-order valence-corrected chi connectivity index (χ1v) is 7.43. The number of ether oxygens (including phenoxy) is 2. The maximum absolute atomic E-state index is 9.34. The first kappa shape index (κ1) is 16.3. The Morgan fingerprint density at radius 3 is 2.81 bits per heavy atom. The van der Waals surface area contributed by atoms with E-state index in [0.717, 1.165) is 37.4 Å². The van der Waals surface area contributed by atoms with Gasteiger partial charge in [-0.15, -0.1) is 0 Å². The maximum Gasteiger partial charge on any atom is 0.488 e. The molecular formula is C15H24BNO4. The SMILES string of the molecule is CCC1COC(C)CN1Cc1cc(B(O)O)ccc1OC. The van der Waals surface area contributed by atoms with Crippen LogP contribution in [0.5, 0.6) is 5.75 Å². The van der Waals surface area contributed by atoms with E-state index in [1.165, 1.54) is 0 Å². The fraction of sp³-hybridized carbons (Fsp3) is 0.600. The maximum atomic E-state index is 9.34. The first-order chi connectivity index (χ1) is 10.0. The predicted octanol–water partition coefficient (Wildman–Crippen LogP) is 0.374. The number of benzene rings is 1. The number of rotatable bonds is 5. The highest BCUT2D eigenvalue weighted by molar-refractivity contribution is 6.58. The minimum absolute atomic E-state index is 0.213. The van der Waals surface area contributed by atoms with Crippen molar-refractivity contribution in [2.75, 3.05) is 20.3 Å². The molecule has 1 aromatic rings. The van der Waals surface area contributed by atoms with E-state index in [-0.39, 0.29) is 6.10 Å². The van der Waals surface area contributed by atoms with Crippen LogP contribution in [-0.4, -0.2) is 54.5 Å². The van der Waals surface area contributed by atoms with E-state index in [4.69, 9.17) is 9.47 Å². The molecule has 0 bridgehead atoms. The van der Waals surface area contributed by atoms with Gasteiger partial charge >= 0.3 is 7.12 Å². The van der Waals surface area contributed by atoms with Crippen LogP contribution < -0.4 is 10.2 Å². The van der Waals surface area contributed by atoms with Crippen molar-refractivity contribution in [3.05, 3.63) is 23.8 Å². The summed E-state index contributed by atoms with van der Waals surface area (Å²) in [6.07, 6.45) is 1.24. The summed E-state index contributed by atoms with van der Waals surface area (Å²) >= 11 is 0. The molecule has 6 heteroatoms. The van der Waals surface area contributed by atoms with Gasteiger partial charge in [0.05, 0.1) is 19.8 Å². The Kier molecular flexibility index (Phi) is 5.64. The van der Waals surface area contributed by atoms with Gasteiger partial charge in [0.25, 0.3) is 0 Å². The molecule has 2 atom stereocenters. The lowest BCUT2D eigenvalue weighted by atomic mass is 9.79. The molecule has 1 fully saturated rings. The monoisotopic (exact) mass is 293 g/mol. The highest BCUT2D eigenvalue weighted by atomic mass is 16.5. The van der Waals surface area contributed by atoms with Crippen LogP contribution in [0.4, 0.5) is 0 Å². The molecule has 116 valence electrons. The summed E-state index contributed by atoms with van der Waals surface area (Å²) in [4.78, 5) is 2.37. The zero-order valence-electron chi connectivity index (χ0n) is 13.0. The molecule has 2 N–H and O–H groups in total. The Hall–Kier alpha value is -1.08. The van der Waals surface area contributed by atoms with Crippen molar-refractivity contribution < 1.29 is 19.5 Å². The molecule has 2 unspecified atom stereocenters. The lowest BCUT2D eigenvalue weighted by Gasteiger charge is -2.38. The van der Waals surface area contributed by atoms with Gasteiger partial charge in [0.15, 0.2) is 0 Å². The molecule has 0 amide bonds. The molecule has 1 saturated heterocycles. The van der Waals surface area contributed by atoms with Crippen molar-refractivity contribution in [2.45, 2.75) is 39.0 Å². The average Bonchev–Trinajstić information content (AvgIpc) is 2.47. The summed E-state index contributed by atoms with van der Waals surface area (Å²) in [6, 6.07) is 5.64. The number of methoxy groups -OCH3 is 1. The molecule has 5 nitrogen and oxygen atoms in total. The van der Waals surface area contributed by atoms with Crippen LogP contribution in [0, 0.1) is 0 Å². The fourth-order valence-corrected chi connectivity index (χ4v) is 2.78. The molecule has 0 radical (unpaired) electrons. The van der Waals surface area contributed by atoms with Crippen LogP contribution in [0.25, 0.3) is 0 Å². The van der Waals surface area contributed by atoms with E-state index in [1.54, 1.807) is 25.3 Å². The largest absolute Gasteiger partial charge is 0.496 e. The Morgan fingerprint density at radius 2 is 2.19 bits per heavy atom. The van der Waals surface area contributed by atoms with Crippen LogP contribution >= 0.6 is 0 Å². The van der Waals surface area contributed by atoms with E-state index >= 15 is 0 Å². The Labute approximate surface area is 126 Å². The Morgan fingerprint density at radius 1 is 1.43 bits per heavy atom. The zero-order valence-corrected chi connectivity index (χ0v) is 13.0. The van der Waals surface area contributed by atoms with Crippen molar-refractivity contribution >= 4 is 12.6 Å². The lowest BCUT2D eigenvalue weighted by molar-refractivity contribution is -0.0593. The lowest BCUT2D eigenvalue weighted by Crippen LogP contribution is -2.48. The summed E-state index contributed by atoms with van der Waals surface area (Å²) in [7, 11) is 0.174. The molecule has 2 rings (SSSR count). The molecule has 1 aliphatic rings. The van der Waals surface area contributed by atoms with Gasteiger partial charge in [-0.05, 0) is 24.9 Å². The van der Waals surface area contributed by atoms with Crippen LogP contribution in [0.2, 0.25) is 0 Å². The number of nitrogens with zero attached hydrogens (tertiary/aromatic N) is 1. The minimum atomic E-state index is -1.46. The van der Waals surface area contributed by atoms with Gasteiger partial charge in [-0.3, -0.25) is 4.90 Å². The van der Waals surface area contributed by atoms with E-state index in [0.29, 0.717) is 11.5 Å². The van der Waals surface area contributed by atoms with Crippen LogP contribution in [-0.2, 0) is 11.3 Å². The summed E-state index contributed by atoms with van der Waals surface area (Å²) in [5.74, 6) is 0.772. The van der Waals surface area contributed by atoms with Crippen molar-refractivity contribution in [1.29, 1.82) is 0 Å². The van der Waals surface area contributed by atoms with Crippen LogP contribution in [0.15, 0.2) is 18.2 Å². The summed E-state index contributed by atoms with van der Waals surface area (Å²) in [6.45, 7) is 6.55. The number of hydrogen-bond acceptors (Lipinski definition) is 5. The normalized spacial score (nSPS) is 23.1. The smallest absolute Gasteiger partial charge is 0.488 e. The van der Waals surface area contributed by atoms with Crippen LogP contribution in [0.3, 0.4) is 0 Å². The molecular weight excluding hydrogens is 269 g/mol. The second kappa shape index (κ2) is 7.27. The van der Waals surface area contributed by atoms with Gasteiger partial charge in [-0.1, -0.05) is 19.1 Å². The van der Waals surface area contributed by atoms with Crippen molar-refractivity contribution in [3.63, 3.8) is 0 Å². The van der Waals surface area contributed by atoms with Crippen LogP contribution in [0.1, 0.15) is 25.8 Å². The Balaban J connectivity index is 2.21. The molecule has 0 aromatic heterocycles. The zero-order chi connectivity index (χ0) is 15.4. The van der Waals surface area contributed by atoms with Gasteiger partial charge in [-0.2, -0.15) is 0 Å². The van der Waals surface area contributed by atoms with E-state index in [2.05, 4.69) is 18.7 Å². The molecule has 1 aliphatic heterocycles. The van der Waals surface area contributed by atoms with Crippen molar-refractivity contribution in [1.82, 2.24) is 4.90 Å². The average molecular weight is 293 g/mol. The standard InChI is InChI=1S/C15H24BNO4/c1-4-14-10-21-11(2)8-17(14)9-12-7-13(16(18)19)5-6-15(12)20-3/h5-7,11,14,18-19H,4,8-10H2,1-3H3. The highest BCUT2D eigenvalue weighted by Crippen LogP contribution is 2.23. The second-order valence-corrected chi connectivity index (χ2v) is 5.58. The summed E-state index contributed by atoms with van der Waals surface area (Å²) in [5, 5.41) is 18.7. The summed E-state index contributed by atoms with van der Waals surface area (Å²) in [5.41, 5.74) is 1.45. The highest BCUT2D eigenvalue weighted by Gasteiger charge is 2.26. The number of hydrogen-bond donors (Lipinski definition) is 2. The third-order valence-electron chi connectivity index (χ3n) is 4.03. The van der Waals surface area contributed by atoms with Gasteiger partial charge < -0.3 is 19.5 Å². The molecule has 0 spiro atoms. The molecule has 21 heavy (non-hydrogen) atoms. The predicted molar refractivity (Wildman–Crippen MR) is 82.7 cm³/mol. The van der Waals surface area contributed by atoms with E-state index in [1.807, 2.05) is 0 Å². The van der Waals surface area contributed by atoms with Gasteiger partial charge in [-0.25, -0.2) is 0 Å². The quantitative estimate of drug-likeness (QED) is 0.768. The molecule has 1 heterocycles. The molecule has 1 aromatic carbocycles. The van der Waals surface area contributed by atoms with E-state index < -0.39 is 7.12 Å². The summed E-state index contributed by atoms with van der Waals surface area (Å²) < 4.78 is 11.1. The second-order valence-electron chi connectivity index (χ2n) is 5.58. The van der Waals surface area contributed by atoms with Crippen molar-refractivity contribution in [2.24, 2.45) is 0 Å². The van der Waals surface area contributed by atoms with Gasteiger partial charge in [0.2, 0.25) is 0 Å². The third-order valence-corrected chi connectivity index (χ3v) is 4.03. The third kappa shape index (κ3) is 3.98. The van der Waals surface area contributed by atoms with Gasteiger partial charge in [0.1, 0.15) is 5.75 Å². The number of morpholine rings is 1. The minimum Gasteiger partial charge on any atom is -0.496 e. The first-order valence-electron chi connectivity index (χ1n) is 7.43. The molecule has 0 aliphatic carbocycles. The Bertz CT molecular complexity index is 469.